The van der Waals surface area contributed by atoms with Gasteiger partial charge in [-0.15, -0.1) is 0 Å². The fraction of sp³-hybridized carbons (Fsp3) is 0.429. The van der Waals surface area contributed by atoms with Crippen LogP contribution in [-0.2, 0) is 24.4 Å². The van der Waals surface area contributed by atoms with Gasteiger partial charge in [-0.1, -0.05) is 6.07 Å². The molecule has 0 spiro atoms. The summed E-state index contributed by atoms with van der Waals surface area (Å²) in [5.74, 6) is -2.22. The first-order chi connectivity index (χ1) is 15.5. The molecule has 12 heteroatoms. The lowest BCUT2D eigenvalue weighted by Crippen LogP contribution is -2.48. The molecule has 3 rings (SSSR count). The number of nitrogens with two attached hydrogens (primary N) is 2. The van der Waals surface area contributed by atoms with Crippen molar-refractivity contribution >= 4 is 17.8 Å². The molecule has 33 heavy (non-hydrogen) atoms. The lowest BCUT2D eigenvalue weighted by Gasteiger charge is -2.34. The monoisotopic (exact) mass is 465 g/mol. The average Bonchev–Trinajstić information content (AvgIpc) is 3.16. The lowest BCUT2D eigenvalue weighted by atomic mass is 9.85. The fourth-order valence-electron chi connectivity index (χ4n) is 4.03. The van der Waals surface area contributed by atoms with Gasteiger partial charge in [-0.25, -0.2) is 4.98 Å². The Kier molecular flexibility index (Phi) is 7.06. The molecule has 6 N–H and O–H groups in total. The van der Waals surface area contributed by atoms with Crippen LogP contribution in [0.4, 0.5) is 13.2 Å². The first-order valence-electron chi connectivity index (χ1n) is 10.3. The quantitative estimate of drug-likeness (QED) is 0.389. The number of hydrogen-bond acceptors (Lipinski definition) is 5. The highest BCUT2D eigenvalue weighted by Crippen LogP contribution is 2.39. The maximum atomic E-state index is 13.7. The van der Waals surface area contributed by atoms with Crippen LogP contribution in [0.15, 0.2) is 30.7 Å². The number of imidazole rings is 1. The molecule has 0 aliphatic carbocycles. The van der Waals surface area contributed by atoms with Crippen LogP contribution in [0.25, 0.3) is 0 Å². The minimum absolute atomic E-state index is 0.0770. The number of halogens is 3. The maximum Gasteiger partial charge on any atom is 0.416 e. The number of hydrogen-bond donors (Lipinski definition) is 4. The highest BCUT2D eigenvalue weighted by Gasteiger charge is 2.37. The molecule has 1 aliphatic rings. The number of piperidine rings is 1. The van der Waals surface area contributed by atoms with Crippen molar-refractivity contribution in [2.75, 3.05) is 13.1 Å². The third-order valence-corrected chi connectivity index (χ3v) is 5.78. The van der Waals surface area contributed by atoms with Gasteiger partial charge in [-0.05, 0) is 36.5 Å². The summed E-state index contributed by atoms with van der Waals surface area (Å²) in [5.41, 5.74) is 10.9. The number of carbonyl (C=O) groups is 2. The predicted octanol–water partition coefficient (Wildman–Crippen LogP) is 1.34. The van der Waals surface area contributed by atoms with E-state index in [-0.39, 0.29) is 30.1 Å². The van der Waals surface area contributed by atoms with Crippen molar-refractivity contribution in [2.45, 2.75) is 37.4 Å². The lowest BCUT2D eigenvalue weighted by molar-refractivity contribution is -0.139. The molecule has 1 atom stereocenters. The Labute approximate surface area is 188 Å². The summed E-state index contributed by atoms with van der Waals surface area (Å²) in [6.07, 6.45) is -0.417. The van der Waals surface area contributed by atoms with Crippen LogP contribution in [0.5, 0.6) is 0 Å². The maximum absolute atomic E-state index is 13.7. The number of guanidine groups is 1. The van der Waals surface area contributed by atoms with Crippen LogP contribution in [0.1, 0.15) is 45.9 Å². The van der Waals surface area contributed by atoms with E-state index in [0.717, 1.165) is 11.8 Å². The molecule has 1 fully saturated rings. The number of carbonyl (C=O) groups excluding carboxylic acids is 2. The molecule has 1 aromatic carbocycles. The van der Waals surface area contributed by atoms with Gasteiger partial charge in [0.1, 0.15) is 0 Å². The SMILES string of the molecule is Cn1cncc1C[C@H](N)C(=O)N1CCC(c2ccc(C(=O)NC(=N)N)cc2C(F)(F)F)CC1. The van der Waals surface area contributed by atoms with Crippen molar-refractivity contribution in [1.29, 1.82) is 5.41 Å². The Hall–Kier alpha value is -3.41. The molecule has 1 aromatic heterocycles. The second-order valence-electron chi connectivity index (χ2n) is 8.07. The number of likely N-dealkylation sites (tertiary alicyclic amines) is 1. The molecule has 1 aliphatic heterocycles. The van der Waals surface area contributed by atoms with Gasteiger partial charge in [0.05, 0.1) is 17.9 Å². The van der Waals surface area contributed by atoms with Crippen molar-refractivity contribution in [3.05, 3.63) is 53.1 Å². The van der Waals surface area contributed by atoms with Gasteiger partial charge < -0.3 is 20.9 Å². The van der Waals surface area contributed by atoms with Crippen LogP contribution >= 0.6 is 0 Å². The molecule has 1 saturated heterocycles. The Balaban J connectivity index is 1.70. The molecule has 2 amide bonds. The summed E-state index contributed by atoms with van der Waals surface area (Å²) in [6, 6.07) is 2.58. The van der Waals surface area contributed by atoms with E-state index in [0.29, 0.717) is 19.3 Å². The molecular formula is C21H26F3N7O2. The standard InChI is InChI=1S/C21H26F3N7O2/c1-30-11-28-10-14(30)9-17(25)19(33)31-6-4-12(5-7-31)15-3-2-13(18(32)29-20(26)27)8-16(15)21(22,23)24/h2-3,8,10-12,17H,4-7,9,25H2,1H3,(H4,26,27,29,32)/t17-/m0/s1. The van der Waals surface area contributed by atoms with Crippen molar-refractivity contribution in [2.24, 2.45) is 18.5 Å². The molecule has 0 bridgehead atoms. The topological polar surface area (TPSA) is 143 Å². The summed E-state index contributed by atoms with van der Waals surface area (Å²) in [6.45, 7) is 0.568. The van der Waals surface area contributed by atoms with Crippen LogP contribution in [0, 0.1) is 5.41 Å². The molecule has 9 nitrogen and oxygen atoms in total. The minimum Gasteiger partial charge on any atom is -0.370 e. The number of benzene rings is 1. The van der Waals surface area contributed by atoms with E-state index in [1.807, 2.05) is 5.32 Å². The second-order valence-corrected chi connectivity index (χ2v) is 8.07. The molecule has 0 saturated carbocycles. The van der Waals surface area contributed by atoms with Gasteiger partial charge in [0.15, 0.2) is 5.96 Å². The van der Waals surface area contributed by atoms with Gasteiger partial charge >= 0.3 is 6.18 Å². The van der Waals surface area contributed by atoms with Crippen molar-refractivity contribution in [3.8, 4) is 0 Å². The number of amides is 2. The van der Waals surface area contributed by atoms with Gasteiger partial charge in [-0.2, -0.15) is 13.2 Å². The van der Waals surface area contributed by atoms with E-state index in [4.69, 9.17) is 16.9 Å². The summed E-state index contributed by atoms with van der Waals surface area (Å²) >= 11 is 0. The zero-order valence-corrected chi connectivity index (χ0v) is 18.0. The Morgan fingerprint density at radius 2 is 1.97 bits per heavy atom. The largest absolute Gasteiger partial charge is 0.416 e. The smallest absolute Gasteiger partial charge is 0.370 e. The van der Waals surface area contributed by atoms with E-state index in [2.05, 4.69) is 4.98 Å². The van der Waals surface area contributed by atoms with Gasteiger partial charge in [0.25, 0.3) is 5.91 Å². The number of rotatable bonds is 5. The van der Waals surface area contributed by atoms with Gasteiger partial charge in [-0.3, -0.25) is 20.3 Å². The zero-order valence-electron chi connectivity index (χ0n) is 18.0. The number of aryl methyl sites for hydroxylation is 1. The third-order valence-electron chi connectivity index (χ3n) is 5.78. The van der Waals surface area contributed by atoms with Crippen LogP contribution in [0.2, 0.25) is 0 Å². The summed E-state index contributed by atoms with van der Waals surface area (Å²) in [7, 11) is 1.80. The number of nitrogens with zero attached hydrogens (tertiary/aromatic N) is 3. The van der Waals surface area contributed by atoms with Crippen molar-refractivity contribution < 1.29 is 22.8 Å². The first kappa shape index (κ1) is 24.2. The summed E-state index contributed by atoms with van der Waals surface area (Å²) < 4.78 is 43.0. The van der Waals surface area contributed by atoms with Gasteiger partial charge in [0.2, 0.25) is 5.91 Å². The molecule has 0 unspecified atom stereocenters. The van der Waals surface area contributed by atoms with E-state index in [1.54, 1.807) is 29.0 Å². The molecule has 178 valence electrons. The second kappa shape index (κ2) is 9.61. The highest BCUT2D eigenvalue weighted by atomic mass is 19.4. The highest BCUT2D eigenvalue weighted by molar-refractivity contribution is 6.04. The van der Waals surface area contributed by atoms with Crippen LogP contribution < -0.4 is 16.8 Å². The average molecular weight is 465 g/mol. The Bertz CT molecular complexity index is 1040. The van der Waals surface area contributed by atoms with Crippen LogP contribution in [0.3, 0.4) is 0 Å². The number of alkyl halides is 3. The van der Waals surface area contributed by atoms with Gasteiger partial charge in [0, 0.05) is 44.0 Å². The first-order valence-corrected chi connectivity index (χ1v) is 10.3. The third kappa shape index (κ3) is 5.69. The van der Waals surface area contributed by atoms with E-state index in [1.165, 1.54) is 12.1 Å². The summed E-state index contributed by atoms with van der Waals surface area (Å²) in [4.78, 5) is 30.3. The normalized spacial score (nSPS) is 15.8. The van der Waals surface area contributed by atoms with Crippen LogP contribution in [-0.4, -0.2) is 51.4 Å². The van der Waals surface area contributed by atoms with E-state index in [9.17, 15) is 22.8 Å². The van der Waals surface area contributed by atoms with E-state index < -0.39 is 35.6 Å². The van der Waals surface area contributed by atoms with Crippen molar-refractivity contribution in [3.63, 3.8) is 0 Å². The molecule has 2 heterocycles. The number of aromatic nitrogens is 2. The van der Waals surface area contributed by atoms with Crippen molar-refractivity contribution in [1.82, 2.24) is 19.8 Å². The fourth-order valence-corrected chi connectivity index (χ4v) is 4.03. The molecule has 0 radical (unpaired) electrons. The Morgan fingerprint density at radius 3 is 2.52 bits per heavy atom. The summed E-state index contributed by atoms with van der Waals surface area (Å²) in [5, 5.41) is 9.06. The number of nitrogens with one attached hydrogen (secondary N) is 2. The molecule has 2 aromatic rings. The Morgan fingerprint density at radius 1 is 1.30 bits per heavy atom. The zero-order chi connectivity index (χ0) is 24.3. The minimum atomic E-state index is -4.67. The van der Waals surface area contributed by atoms with E-state index >= 15 is 0 Å². The predicted molar refractivity (Wildman–Crippen MR) is 114 cm³/mol. The molecular weight excluding hydrogens is 439 g/mol.